The lowest BCUT2D eigenvalue weighted by Crippen LogP contribution is -2.44. The molecule has 3 heterocycles. The van der Waals surface area contributed by atoms with Crippen molar-refractivity contribution in [3.63, 3.8) is 0 Å². The van der Waals surface area contributed by atoms with Gasteiger partial charge >= 0.3 is 0 Å². The first-order valence-electron chi connectivity index (χ1n) is 12.5. The molecule has 2 amide bonds. The Bertz CT molecular complexity index is 1330. The molecule has 8 nitrogen and oxygen atoms in total. The van der Waals surface area contributed by atoms with Crippen molar-refractivity contribution in [2.75, 3.05) is 0 Å². The molecule has 1 aromatic carbocycles. The first-order chi connectivity index (χ1) is 16.9. The van der Waals surface area contributed by atoms with Crippen LogP contribution < -0.4 is 5.73 Å². The van der Waals surface area contributed by atoms with Gasteiger partial charge in [-0.05, 0) is 55.1 Å². The number of nitrogens with zero attached hydrogens (tertiary/aromatic N) is 4. The first-order valence-corrected chi connectivity index (χ1v) is 12.5. The summed E-state index contributed by atoms with van der Waals surface area (Å²) in [5.74, 6) is 0.633. The van der Waals surface area contributed by atoms with Crippen LogP contribution in [0.3, 0.4) is 0 Å². The fraction of sp³-hybridized carbons (Fsp3) is 0.444. The number of aryl methyl sites for hydroxylation is 1. The monoisotopic (exact) mass is 471 g/mol. The number of carbonyl (C=O) groups is 3. The van der Waals surface area contributed by atoms with Gasteiger partial charge in [0.05, 0.1) is 17.8 Å². The van der Waals surface area contributed by atoms with Crippen LogP contribution in [0.1, 0.15) is 60.3 Å². The summed E-state index contributed by atoms with van der Waals surface area (Å²) >= 11 is 0. The van der Waals surface area contributed by atoms with Crippen LogP contribution in [0.5, 0.6) is 0 Å². The molecule has 3 fully saturated rings. The highest BCUT2D eigenvalue weighted by Gasteiger charge is 2.56. The minimum absolute atomic E-state index is 0.0417. The summed E-state index contributed by atoms with van der Waals surface area (Å²) in [7, 11) is 0. The van der Waals surface area contributed by atoms with Crippen molar-refractivity contribution in [2.45, 2.75) is 63.6 Å². The first kappa shape index (κ1) is 21.9. The number of fused-ring (bicyclic) bond motifs is 2. The highest BCUT2D eigenvalue weighted by Crippen LogP contribution is 2.52. The molecular formula is C27H29N5O3. The molecular weight excluding hydrogens is 442 g/mol. The summed E-state index contributed by atoms with van der Waals surface area (Å²) in [6, 6.07) is 11.9. The predicted octanol–water partition coefficient (Wildman–Crippen LogP) is 2.84. The SMILES string of the molecule is CCc1cc2c(C(N)=O)nn(CC(=O)N3[C@@H]4C[C@@H]4C[C@H]3C(=O)C[C@@H]3C[C@H]3c3ccccc3)c2cn1. The Morgan fingerprint density at radius 1 is 1.11 bits per heavy atom. The fourth-order valence-corrected chi connectivity index (χ4v) is 5.90. The van der Waals surface area contributed by atoms with Gasteiger partial charge in [0.2, 0.25) is 5.91 Å². The van der Waals surface area contributed by atoms with Crippen LogP contribution in [-0.4, -0.2) is 49.3 Å². The van der Waals surface area contributed by atoms with E-state index in [9.17, 15) is 14.4 Å². The highest BCUT2D eigenvalue weighted by molar-refractivity contribution is 6.04. The van der Waals surface area contributed by atoms with Crippen molar-refractivity contribution in [2.24, 2.45) is 17.6 Å². The van der Waals surface area contributed by atoms with E-state index < -0.39 is 5.91 Å². The van der Waals surface area contributed by atoms with Crippen LogP contribution in [0.25, 0.3) is 10.9 Å². The van der Waals surface area contributed by atoms with Gasteiger partial charge < -0.3 is 10.6 Å². The fourth-order valence-electron chi connectivity index (χ4n) is 5.90. The summed E-state index contributed by atoms with van der Waals surface area (Å²) in [5, 5.41) is 4.96. The molecule has 6 rings (SSSR count). The van der Waals surface area contributed by atoms with Gasteiger partial charge in [-0.15, -0.1) is 0 Å². The van der Waals surface area contributed by atoms with Crippen LogP contribution in [0, 0.1) is 11.8 Å². The van der Waals surface area contributed by atoms with Crippen molar-refractivity contribution >= 4 is 28.5 Å². The molecule has 8 heteroatoms. The zero-order chi connectivity index (χ0) is 24.3. The lowest BCUT2D eigenvalue weighted by atomic mass is 10.00. The molecule has 2 saturated carbocycles. The molecule has 1 saturated heterocycles. The standard InChI is InChI=1S/C27H29N5O3/c1-2-18-12-20-23(13-29-18)31(30-26(20)27(28)35)14-25(34)32-21-9-17(21)10-22(32)24(33)11-16-8-19(16)15-6-4-3-5-7-15/h3-7,12-13,16-17,19,21-22H,2,8-11,14H2,1H3,(H2,28,35)/t16-,17+,19-,21+,22-/m0/s1. The molecule has 0 spiro atoms. The number of primary amides is 1. The Morgan fingerprint density at radius 3 is 2.66 bits per heavy atom. The summed E-state index contributed by atoms with van der Waals surface area (Å²) < 4.78 is 1.51. The Hall–Kier alpha value is -3.55. The number of amides is 2. The van der Waals surface area contributed by atoms with Gasteiger partial charge in [-0.3, -0.25) is 24.0 Å². The molecule has 2 aliphatic carbocycles. The molecule has 0 unspecified atom stereocenters. The number of pyridine rings is 1. The maximum atomic E-state index is 13.5. The van der Waals surface area contributed by atoms with Gasteiger partial charge in [-0.2, -0.15) is 5.10 Å². The number of aromatic nitrogens is 3. The molecule has 180 valence electrons. The van der Waals surface area contributed by atoms with Crippen LogP contribution in [-0.2, 0) is 22.6 Å². The Morgan fingerprint density at radius 2 is 1.91 bits per heavy atom. The minimum Gasteiger partial charge on any atom is -0.364 e. The second kappa shape index (κ2) is 8.29. The lowest BCUT2D eigenvalue weighted by Gasteiger charge is -2.27. The van der Waals surface area contributed by atoms with Crippen molar-refractivity contribution in [1.82, 2.24) is 19.7 Å². The number of hydrogen-bond acceptors (Lipinski definition) is 5. The molecule has 2 N–H and O–H groups in total. The van der Waals surface area contributed by atoms with E-state index >= 15 is 0 Å². The Kier molecular flexibility index (Phi) is 5.20. The van der Waals surface area contributed by atoms with Crippen molar-refractivity contribution in [1.29, 1.82) is 0 Å². The molecule has 5 atom stereocenters. The van der Waals surface area contributed by atoms with Crippen molar-refractivity contribution in [3.8, 4) is 0 Å². The van der Waals surface area contributed by atoms with Gasteiger partial charge in [0.1, 0.15) is 6.54 Å². The van der Waals surface area contributed by atoms with Crippen LogP contribution in [0.2, 0.25) is 0 Å². The minimum atomic E-state index is -0.636. The summed E-state index contributed by atoms with van der Waals surface area (Å²) in [4.78, 5) is 45.0. The van der Waals surface area contributed by atoms with Gasteiger partial charge in [-0.25, -0.2) is 0 Å². The number of carbonyl (C=O) groups excluding carboxylic acids is 3. The van der Waals surface area contributed by atoms with Crippen molar-refractivity contribution in [3.05, 3.63) is 59.5 Å². The third-order valence-corrected chi connectivity index (χ3v) is 7.95. The van der Waals surface area contributed by atoms with Crippen LogP contribution >= 0.6 is 0 Å². The number of nitrogens with two attached hydrogens (primary N) is 1. The predicted molar refractivity (Wildman–Crippen MR) is 129 cm³/mol. The molecule has 35 heavy (non-hydrogen) atoms. The second-order valence-corrected chi connectivity index (χ2v) is 10.2. The second-order valence-electron chi connectivity index (χ2n) is 10.2. The van der Waals surface area contributed by atoms with Gasteiger partial charge in [0.25, 0.3) is 5.91 Å². The summed E-state index contributed by atoms with van der Waals surface area (Å²) in [5.41, 5.74) is 8.42. The molecule has 0 bridgehead atoms. The molecule has 2 aromatic heterocycles. The largest absolute Gasteiger partial charge is 0.364 e. The molecule has 3 aromatic rings. The van der Waals surface area contributed by atoms with E-state index in [0.717, 1.165) is 25.0 Å². The van der Waals surface area contributed by atoms with E-state index in [1.807, 2.05) is 25.1 Å². The number of rotatable bonds is 8. The molecule has 3 aliphatic rings. The van der Waals surface area contributed by atoms with Gasteiger partial charge in [0.15, 0.2) is 11.5 Å². The van der Waals surface area contributed by atoms with E-state index in [1.165, 1.54) is 10.2 Å². The number of likely N-dealkylation sites (tertiary alicyclic amines) is 1. The number of benzene rings is 1. The summed E-state index contributed by atoms with van der Waals surface area (Å²) in [6.07, 6.45) is 5.62. The van der Waals surface area contributed by atoms with E-state index in [2.05, 4.69) is 22.2 Å². The lowest BCUT2D eigenvalue weighted by molar-refractivity contribution is -0.139. The number of hydrogen-bond donors (Lipinski definition) is 1. The third-order valence-electron chi connectivity index (χ3n) is 7.95. The maximum absolute atomic E-state index is 13.5. The topological polar surface area (TPSA) is 111 Å². The van der Waals surface area contributed by atoms with Crippen LogP contribution in [0.15, 0.2) is 42.6 Å². The third kappa shape index (κ3) is 3.90. The van der Waals surface area contributed by atoms with E-state index in [1.54, 1.807) is 17.2 Å². The summed E-state index contributed by atoms with van der Waals surface area (Å²) in [6.45, 7) is 1.94. The quantitative estimate of drug-likeness (QED) is 0.543. The maximum Gasteiger partial charge on any atom is 0.269 e. The molecule has 1 aliphatic heterocycles. The average Bonchev–Trinajstić information content (AvgIpc) is 3.74. The van der Waals surface area contributed by atoms with E-state index in [-0.39, 0.29) is 36.0 Å². The molecule has 0 radical (unpaired) electrons. The van der Waals surface area contributed by atoms with Gasteiger partial charge in [0, 0.05) is 23.5 Å². The zero-order valence-corrected chi connectivity index (χ0v) is 19.8. The smallest absolute Gasteiger partial charge is 0.269 e. The zero-order valence-electron chi connectivity index (χ0n) is 19.8. The Labute approximate surface area is 203 Å². The van der Waals surface area contributed by atoms with Crippen LogP contribution in [0.4, 0.5) is 0 Å². The normalized spacial score (nSPS) is 26.5. The average molecular weight is 472 g/mol. The van der Waals surface area contributed by atoms with Crippen molar-refractivity contribution < 1.29 is 14.4 Å². The van der Waals surface area contributed by atoms with E-state index in [0.29, 0.717) is 41.5 Å². The number of piperidine rings is 1. The Balaban J connectivity index is 1.19. The van der Waals surface area contributed by atoms with Gasteiger partial charge in [-0.1, -0.05) is 37.3 Å². The number of ketones is 1. The number of Topliss-reactive ketones (excluding diaryl/α,β-unsaturated/α-hetero) is 1. The van der Waals surface area contributed by atoms with E-state index in [4.69, 9.17) is 5.73 Å². The highest BCUT2D eigenvalue weighted by atomic mass is 16.2.